The second-order valence-corrected chi connectivity index (χ2v) is 8.21. The summed E-state index contributed by atoms with van der Waals surface area (Å²) in [6, 6.07) is 8.81. The number of rotatable bonds is 5. The maximum atomic E-state index is 14.5. The van der Waals surface area contributed by atoms with Crippen LogP contribution >= 0.6 is 0 Å². The van der Waals surface area contributed by atoms with Crippen molar-refractivity contribution in [3.05, 3.63) is 82.9 Å². The zero-order valence-corrected chi connectivity index (χ0v) is 19.3. The van der Waals surface area contributed by atoms with Crippen LogP contribution < -0.4 is 10.6 Å². The van der Waals surface area contributed by atoms with Gasteiger partial charge >= 0.3 is 12.4 Å². The predicted octanol–water partition coefficient (Wildman–Crippen LogP) is 6.03. The third-order valence-corrected chi connectivity index (χ3v) is 5.55. The van der Waals surface area contributed by atoms with Crippen LogP contribution in [0.1, 0.15) is 34.0 Å². The summed E-state index contributed by atoms with van der Waals surface area (Å²) in [5.74, 6) is -3.25. The lowest BCUT2D eigenvalue weighted by molar-refractivity contribution is -0.288. The van der Waals surface area contributed by atoms with Crippen molar-refractivity contribution in [2.45, 2.75) is 31.6 Å². The van der Waals surface area contributed by atoms with Crippen molar-refractivity contribution in [3.63, 3.8) is 0 Å². The van der Waals surface area contributed by atoms with E-state index in [9.17, 15) is 46.1 Å². The molecule has 37 heavy (non-hydrogen) atoms. The third-order valence-electron chi connectivity index (χ3n) is 5.55. The van der Waals surface area contributed by atoms with Gasteiger partial charge in [-0.2, -0.15) is 26.3 Å². The lowest BCUT2D eigenvalue weighted by Gasteiger charge is -2.38. The van der Waals surface area contributed by atoms with Crippen LogP contribution in [0, 0.1) is 6.92 Å². The Balaban J connectivity index is 2.25. The zero-order chi connectivity index (χ0) is 27.8. The predicted molar refractivity (Wildman–Crippen MR) is 123 cm³/mol. The molecule has 0 heterocycles. The van der Waals surface area contributed by atoms with Crippen LogP contribution in [0.3, 0.4) is 0 Å². The first kappa shape index (κ1) is 27.4. The second kappa shape index (κ2) is 9.68. The van der Waals surface area contributed by atoms with Crippen LogP contribution in [0.4, 0.5) is 37.7 Å². The number of carbonyl (C=O) groups excluding carboxylic acids is 2. The number of anilines is 2. The molecule has 0 bridgehead atoms. The number of phenolic OH excluding ortho intramolecular Hbond substituents is 2. The number of benzene rings is 3. The van der Waals surface area contributed by atoms with Gasteiger partial charge in [-0.05, 0) is 54.4 Å². The highest BCUT2D eigenvalue weighted by Gasteiger charge is 2.72. The van der Waals surface area contributed by atoms with Crippen LogP contribution in [0.2, 0.25) is 0 Å². The van der Waals surface area contributed by atoms with Crippen LogP contribution in [0.5, 0.6) is 11.5 Å². The molecule has 0 aliphatic heterocycles. The van der Waals surface area contributed by atoms with Crippen molar-refractivity contribution in [2.75, 3.05) is 10.6 Å². The molecule has 3 rings (SSSR count). The molecular formula is C25H20F6N2O4. The molecule has 3 aromatic carbocycles. The van der Waals surface area contributed by atoms with Crippen molar-refractivity contribution in [1.29, 1.82) is 0 Å². The lowest BCUT2D eigenvalue weighted by atomic mass is 9.72. The highest BCUT2D eigenvalue weighted by Crippen LogP contribution is 2.57. The molecule has 0 aromatic heterocycles. The average molecular weight is 526 g/mol. The Morgan fingerprint density at radius 2 is 1.22 bits per heavy atom. The lowest BCUT2D eigenvalue weighted by Crippen LogP contribution is -2.54. The Hall–Kier alpha value is -4.22. The van der Waals surface area contributed by atoms with Gasteiger partial charge < -0.3 is 20.8 Å². The molecule has 6 nitrogen and oxygen atoms in total. The van der Waals surface area contributed by atoms with Gasteiger partial charge in [0.05, 0.1) is 11.4 Å². The van der Waals surface area contributed by atoms with E-state index >= 15 is 0 Å². The van der Waals surface area contributed by atoms with Gasteiger partial charge in [0.25, 0.3) is 5.91 Å². The van der Waals surface area contributed by atoms with Crippen molar-refractivity contribution in [3.8, 4) is 11.5 Å². The summed E-state index contributed by atoms with van der Waals surface area (Å²) in [5.41, 5.74) is -8.04. The summed E-state index contributed by atoms with van der Waals surface area (Å²) in [6.07, 6.45) is -12.0. The molecule has 3 aromatic rings. The van der Waals surface area contributed by atoms with E-state index < -0.39 is 63.6 Å². The molecule has 0 saturated carbocycles. The number of aryl methyl sites for hydroxylation is 1. The molecule has 0 aliphatic carbocycles. The molecule has 12 heteroatoms. The van der Waals surface area contributed by atoms with E-state index in [1.165, 1.54) is 18.2 Å². The molecule has 0 saturated heterocycles. The van der Waals surface area contributed by atoms with Crippen LogP contribution in [0.15, 0.2) is 60.7 Å². The molecule has 196 valence electrons. The Morgan fingerprint density at radius 1 is 0.730 bits per heavy atom. The van der Waals surface area contributed by atoms with E-state index in [0.717, 1.165) is 6.92 Å². The molecule has 0 atom stereocenters. The fourth-order valence-corrected chi connectivity index (χ4v) is 3.89. The maximum absolute atomic E-state index is 14.5. The maximum Gasteiger partial charge on any atom is 0.411 e. The van der Waals surface area contributed by atoms with Gasteiger partial charge in [-0.15, -0.1) is 0 Å². The molecule has 4 N–H and O–H groups in total. The number of aromatic hydroxyl groups is 2. The zero-order valence-electron chi connectivity index (χ0n) is 19.3. The Labute approximate surface area is 206 Å². The first-order chi connectivity index (χ1) is 17.1. The average Bonchev–Trinajstić information content (AvgIpc) is 2.76. The highest BCUT2D eigenvalue weighted by molar-refractivity contribution is 6.05. The summed E-state index contributed by atoms with van der Waals surface area (Å²) in [4.78, 5) is 24.0. The first-order valence-corrected chi connectivity index (χ1v) is 10.5. The molecular weight excluding hydrogens is 506 g/mol. The van der Waals surface area contributed by atoms with Crippen LogP contribution in [-0.4, -0.2) is 34.4 Å². The van der Waals surface area contributed by atoms with Gasteiger partial charge in [0.15, 0.2) is 0 Å². The van der Waals surface area contributed by atoms with Gasteiger partial charge in [-0.3, -0.25) is 9.59 Å². The summed E-state index contributed by atoms with van der Waals surface area (Å²) in [7, 11) is 0. The fraction of sp³-hybridized carbons (Fsp3) is 0.200. The van der Waals surface area contributed by atoms with Crippen molar-refractivity contribution in [2.24, 2.45) is 0 Å². The number of hydrogen-bond donors (Lipinski definition) is 4. The number of phenols is 2. The smallest absolute Gasteiger partial charge is 0.411 e. The summed E-state index contributed by atoms with van der Waals surface area (Å²) in [6.45, 7) is 2.62. The van der Waals surface area contributed by atoms with Gasteiger partial charge in [-0.1, -0.05) is 29.8 Å². The van der Waals surface area contributed by atoms with Crippen LogP contribution in [-0.2, 0) is 10.2 Å². The van der Waals surface area contributed by atoms with E-state index in [1.54, 1.807) is 13.0 Å². The molecule has 0 unspecified atom stereocenters. The van der Waals surface area contributed by atoms with Crippen molar-refractivity contribution < 1.29 is 46.1 Å². The van der Waals surface area contributed by atoms with Crippen LogP contribution in [0.25, 0.3) is 0 Å². The first-order valence-electron chi connectivity index (χ1n) is 10.5. The Bertz CT molecular complexity index is 1340. The molecule has 0 fully saturated rings. The number of halogens is 6. The minimum atomic E-state index is -6.00. The quantitative estimate of drug-likeness (QED) is 0.241. The van der Waals surface area contributed by atoms with Gasteiger partial charge in [0.1, 0.15) is 11.5 Å². The van der Waals surface area contributed by atoms with Gasteiger partial charge in [-0.25, -0.2) is 0 Å². The normalized spacial score (nSPS) is 12.2. The fourth-order valence-electron chi connectivity index (χ4n) is 3.89. The highest BCUT2D eigenvalue weighted by atomic mass is 19.4. The number of nitrogens with one attached hydrogen (secondary N) is 2. The summed E-state index contributed by atoms with van der Waals surface area (Å²) in [5, 5.41) is 24.2. The van der Waals surface area contributed by atoms with Crippen molar-refractivity contribution in [1.82, 2.24) is 0 Å². The third kappa shape index (κ3) is 5.18. The van der Waals surface area contributed by atoms with E-state index in [-0.39, 0.29) is 5.56 Å². The van der Waals surface area contributed by atoms with Crippen molar-refractivity contribution >= 4 is 23.2 Å². The van der Waals surface area contributed by atoms with E-state index in [4.69, 9.17) is 0 Å². The van der Waals surface area contributed by atoms with E-state index in [0.29, 0.717) is 42.0 Å². The monoisotopic (exact) mass is 526 g/mol. The van der Waals surface area contributed by atoms with E-state index in [2.05, 4.69) is 5.32 Å². The number of hydrogen-bond acceptors (Lipinski definition) is 4. The second-order valence-electron chi connectivity index (χ2n) is 8.21. The molecule has 0 spiro atoms. The molecule has 0 radical (unpaired) electrons. The summed E-state index contributed by atoms with van der Waals surface area (Å²) >= 11 is 0. The number of carbonyl (C=O) groups is 2. The Kier molecular flexibility index (Phi) is 7.16. The minimum Gasteiger partial charge on any atom is -0.506 e. The number of amides is 2. The van der Waals surface area contributed by atoms with Gasteiger partial charge in [0.2, 0.25) is 11.3 Å². The number of alkyl halides is 6. The SMILES string of the molecule is CC(=O)Nc1cc(C(c2ccc(O)c(NC(=O)c3cccc(C)c3)c2)(C(F)(F)F)C(F)(F)F)ccc1O. The Morgan fingerprint density at radius 3 is 1.65 bits per heavy atom. The summed E-state index contributed by atoms with van der Waals surface area (Å²) < 4.78 is 87.1. The van der Waals surface area contributed by atoms with E-state index in [1.807, 2.05) is 5.32 Å². The van der Waals surface area contributed by atoms with Gasteiger partial charge in [0, 0.05) is 12.5 Å². The molecule has 2 amide bonds. The minimum absolute atomic E-state index is 0.0567. The largest absolute Gasteiger partial charge is 0.506 e. The standard InChI is InChI=1S/C25H20F6N2O4/c1-13-4-3-5-15(10-13)22(37)33-19-12-17(7-9-21(19)36)23(24(26,27)28,25(29,30)31)16-6-8-20(35)18(11-16)32-14(2)34/h3-12,35-36H,1-2H3,(H,32,34)(H,33,37). The molecule has 0 aliphatic rings. The topological polar surface area (TPSA) is 98.7 Å².